The molecule has 1 atom stereocenters. The number of halogens is 1. The quantitative estimate of drug-likeness (QED) is 0.796. The molecule has 0 radical (unpaired) electrons. The lowest BCUT2D eigenvalue weighted by atomic mass is 10.2. The predicted octanol–water partition coefficient (Wildman–Crippen LogP) is 2.66. The number of nitrogens with one attached hydrogen (secondary N) is 1. The maximum Gasteiger partial charge on any atom is 0.115 e. The first-order valence-corrected chi connectivity index (χ1v) is 5.92. The molecule has 0 heterocycles. The molecule has 0 aromatic heterocycles. The van der Waals surface area contributed by atoms with Crippen LogP contribution in [0.25, 0.3) is 0 Å². The van der Waals surface area contributed by atoms with Crippen molar-refractivity contribution in [2.75, 3.05) is 5.33 Å². The molecule has 3 heteroatoms. The maximum atomic E-state index is 9.25. The number of phenols is 1. The highest BCUT2D eigenvalue weighted by Crippen LogP contribution is 2.10. The molecule has 78 valence electrons. The Morgan fingerprint density at radius 1 is 1.50 bits per heavy atom. The summed E-state index contributed by atoms with van der Waals surface area (Å²) >= 11 is 3.41. The lowest BCUT2D eigenvalue weighted by Gasteiger charge is -2.12. The number of benzene rings is 1. The third-order valence-corrected chi connectivity index (χ3v) is 2.57. The minimum Gasteiger partial charge on any atom is -0.508 e. The number of hydrogen-bond acceptors (Lipinski definition) is 2. The minimum absolute atomic E-state index is 0.331. The zero-order chi connectivity index (χ0) is 10.4. The van der Waals surface area contributed by atoms with Gasteiger partial charge in [0.1, 0.15) is 5.75 Å². The van der Waals surface area contributed by atoms with Crippen LogP contribution in [0.3, 0.4) is 0 Å². The van der Waals surface area contributed by atoms with Gasteiger partial charge in [-0.3, -0.25) is 0 Å². The van der Waals surface area contributed by atoms with Gasteiger partial charge in [0.2, 0.25) is 0 Å². The van der Waals surface area contributed by atoms with Crippen molar-refractivity contribution in [2.24, 2.45) is 0 Å². The molecule has 2 nitrogen and oxygen atoms in total. The van der Waals surface area contributed by atoms with Crippen LogP contribution in [0.5, 0.6) is 5.75 Å². The van der Waals surface area contributed by atoms with E-state index in [0.717, 1.165) is 23.9 Å². The first-order chi connectivity index (χ1) is 6.72. The maximum absolute atomic E-state index is 9.25. The van der Waals surface area contributed by atoms with Crippen LogP contribution in [0.2, 0.25) is 0 Å². The molecule has 1 aromatic carbocycles. The number of rotatable bonds is 5. The average molecular weight is 258 g/mol. The fourth-order valence-electron chi connectivity index (χ4n) is 1.22. The normalized spacial score (nSPS) is 12.7. The summed E-state index contributed by atoms with van der Waals surface area (Å²) in [6, 6.07) is 7.84. The van der Waals surface area contributed by atoms with Gasteiger partial charge in [0, 0.05) is 17.9 Å². The molecular weight excluding hydrogens is 242 g/mol. The van der Waals surface area contributed by atoms with Gasteiger partial charge in [-0.05, 0) is 31.0 Å². The largest absolute Gasteiger partial charge is 0.508 e. The SMILES string of the molecule is CC(CCBr)NCc1cccc(O)c1. The van der Waals surface area contributed by atoms with E-state index >= 15 is 0 Å². The van der Waals surface area contributed by atoms with Crippen molar-refractivity contribution in [1.29, 1.82) is 0 Å². The smallest absolute Gasteiger partial charge is 0.115 e. The van der Waals surface area contributed by atoms with Crippen molar-refractivity contribution in [3.8, 4) is 5.75 Å². The van der Waals surface area contributed by atoms with Crippen LogP contribution in [0.1, 0.15) is 18.9 Å². The lowest BCUT2D eigenvalue weighted by molar-refractivity contribution is 0.473. The van der Waals surface area contributed by atoms with Gasteiger partial charge in [0.15, 0.2) is 0 Å². The summed E-state index contributed by atoms with van der Waals surface area (Å²) in [6.45, 7) is 2.96. The molecule has 0 aliphatic heterocycles. The molecule has 14 heavy (non-hydrogen) atoms. The minimum atomic E-state index is 0.331. The van der Waals surface area contributed by atoms with Gasteiger partial charge in [0.05, 0.1) is 0 Å². The topological polar surface area (TPSA) is 32.3 Å². The van der Waals surface area contributed by atoms with Crippen molar-refractivity contribution in [2.45, 2.75) is 25.9 Å². The van der Waals surface area contributed by atoms with Crippen molar-refractivity contribution in [3.05, 3.63) is 29.8 Å². The highest BCUT2D eigenvalue weighted by molar-refractivity contribution is 9.09. The number of phenolic OH excluding ortho intramolecular Hbond substituents is 1. The second-order valence-electron chi connectivity index (χ2n) is 3.43. The van der Waals surface area contributed by atoms with E-state index in [4.69, 9.17) is 0 Å². The van der Waals surface area contributed by atoms with Crippen LogP contribution in [0, 0.1) is 0 Å². The fraction of sp³-hybridized carbons (Fsp3) is 0.455. The molecule has 1 aromatic rings. The summed E-state index contributed by atoms with van der Waals surface area (Å²) in [4.78, 5) is 0. The Labute approximate surface area is 93.5 Å². The van der Waals surface area contributed by atoms with Gasteiger partial charge >= 0.3 is 0 Å². The molecule has 0 amide bonds. The first-order valence-electron chi connectivity index (χ1n) is 4.79. The van der Waals surface area contributed by atoms with Gasteiger partial charge in [0.25, 0.3) is 0 Å². The van der Waals surface area contributed by atoms with Gasteiger partial charge in [-0.2, -0.15) is 0 Å². The zero-order valence-corrected chi connectivity index (χ0v) is 9.92. The van der Waals surface area contributed by atoms with Crippen LogP contribution >= 0.6 is 15.9 Å². The van der Waals surface area contributed by atoms with Crippen LogP contribution in [-0.2, 0) is 6.54 Å². The Kier molecular flexibility index (Phi) is 4.98. The van der Waals surface area contributed by atoms with Crippen molar-refractivity contribution >= 4 is 15.9 Å². The van der Waals surface area contributed by atoms with Crippen LogP contribution in [0.15, 0.2) is 24.3 Å². The molecule has 0 spiro atoms. The Morgan fingerprint density at radius 2 is 2.29 bits per heavy atom. The second-order valence-corrected chi connectivity index (χ2v) is 4.22. The van der Waals surface area contributed by atoms with Crippen LogP contribution < -0.4 is 5.32 Å². The van der Waals surface area contributed by atoms with E-state index in [9.17, 15) is 5.11 Å². The molecule has 0 bridgehead atoms. The summed E-state index contributed by atoms with van der Waals surface area (Å²) in [5.74, 6) is 0.331. The monoisotopic (exact) mass is 257 g/mol. The number of alkyl halides is 1. The van der Waals surface area contributed by atoms with E-state index in [1.807, 2.05) is 12.1 Å². The van der Waals surface area contributed by atoms with Crippen LogP contribution in [-0.4, -0.2) is 16.5 Å². The van der Waals surface area contributed by atoms with E-state index in [0.29, 0.717) is 11.8 Å². The first kappa shape index (κ1) is 11.5. The summed E-state index contributed by atoms with van der Waals surface area (Å²) in [5.41, 5.74) is 1.12. The van der Waals surface area contributed by atoms with Crippen LogP contribution in [0.4, 0.5) is 0 Å². The molecule has 0 saturated heterocycles. The molecule has 0 aliphatic rings. The summed E-state index contributed by atoms with van der Waals surface area (Å²) in [5, 5.41) is 13.6. The van der Waals surface area contributed by atoms with E-state index in [1.54, 1.807) is 12.1 Å². The molecule has 2 N–H and O–H groups in total. The molecule has 0 aliphatic carbocycles. The van der Waals surface area contributed by atoms with Crippen molar-refractivity contribution < 1.29 is 5.11 Å². The lowest BCUT2D eigenvalue weighted by Crippen LogP contribution is -2.25. The summed E-state index contributed by atoms with van der Waals surface area (Å²) < 4.78 is 0. The van der Waals surface area contributed by atoms with E-state index in [2.05, 4.69) is 28.2 Å². The Morgan fingerprint density at radius 3 is 2.93 bits per heavy atom. The molecule has 1 unspecified atom stereocenters. The number of aromatic hydroxyl groups is 1. The molecular formula is C11H16BrNO. The summed E-state index contributed by atoms with van der Waals surface area (Å²) in [7, 11) is 0. The Balaban J connectivity index is 2.37. The third kappa shape index (κ3) is 4.11. The van der Waals surface area contributed by atoms with E-state index < -0.39 is 0 Å². The standard InChI is InChI=1S/C11H16BrNO/c1-9(5-6-12)13-8-10-3-2-4-11(14)7-10/h2-4,7,9,13-14H,5-6,8H2,1H3. The van der Waals surface area contributed by atoms with Crippen molar-refractivity contribution in [3.63, 3.8) is 0 Å². The van der Waals surface area contributed by atoms with Gasteiger partial charge in [-0.1, -0.05) is 28.1 Å². The highest BCUT2D eigenvalue weighted by atomic mass is 79.9. The molecule has 0 fully saturated rings. The second kappa shape index (κ2) is 6.04. The summed E-state index contributed by atoms with van der Waals surface area (Å²) in [6.07, 6.45) is 1.11. The van der Waals surface area contributed by atoms with Gasteiger partial charge in [-0.15, -0.1) is 0 Å². The average Bonchev–Trinajstić information content (AvgIpc) is 2.15. The van der Waals surface area contributed by atoms with E-state index in [1.165, 1.54) is 0 Å². The molecule has 0 saturated carbocycles. The zero-order valence-electron chi connectivity index (χ0n) is 8.33. The highest BCUT2D eigenvalue weighted by Gasteiger charge is 2.00. The Bertz CT molecular complexity index is 278. The van der Waals surface area contributed by atoms with E-state index in [-0.39, 0.29) is 0 Å². The third-order valence-electron chi connectivity index (χ3n) is 2.11. The Hall–Kier alpha value is -0.540. The number of hydrogen-bond donors (Lipinski definition) is 2. The van der Waals surface area contributed by atoms with Gasteiger partial charge < -0.3 is 10.4 Å². The molecule has 1 rings (SSSR count). The van der Waals surface area contributed by atoms with Crippen molar-refractivity contribution in [1.82, 2.24) is 5.32 Å². The predicted molar refractivity (Wildman–Crippen MR) is 62.8 cm³/mol. The fourth-order valence-corrected chi connectivity index (χ4v) is 1.91. The van der Waals surface area contributed by atoms with Gasteiger partial charge in [-0.25, -0.2) is 0 Å².